The molecule has 4 heteroatoms. The maximum absolute atomic E-state index is 12.2. The monoisotopic (exact) mass is 221 g/mol. The van der Waals surface area contributed by atoms with Crippen molar-refractivity contribution in [3.05, 3.63) is 0 Å². The minimum atomic E-state index is -0.134. The van der Waals surface area contributed by atoms with Gasteiger partial charge in [0.2, 0.25) is 11.8 Å². The predicted octanol–water partition coefficient (Wildman–Crippen LogP) is 0.886. The van der Waals surface area contributed by atoms with E-state index in [4.69, 9.17) is 0 Å². The van der Waals surface area contributed by atoms with Crippen LogP contribution in [0.1, 0.15) is 38.5 Å². The summed E-state index contributed by atoms with van der Waals surface area (Å²) in [6.45, 7) is 0.803. The summed E-state index contributed by atoms with van der Waals surface area (Å²) in [6, 6.07) is 0. The fourth-order valence-electron chi connectivity index (χ4n) is 3.30. The Morgan fingerprint density at radius 1 is 0.938 bits per heavy atom. The van der Waals surface area contributed by atoms with Gasteiger partial charge in [0, 0.05) is 6.54 Å². The van der Waals surface area contributed by atoms with Crippen molar-refractivity contribution in [2.45, 2.75) is 44.7 Å². The van der Waals surface area contributed by atoms with E-state index in [9.17, 15) is 9.59 Å². The van der Waals surface area contributed by atoms with Crippen molar-refractivity contribution in [1.82, 2.24) is 10.2 Å². The number of hydrogen-bond donors (Lipinski definition) is 0. The minimum Gasteiger partial charge on any atom is -0.274 e. The van der Waals surface area contributed by atoms with E-state index in [1.54, 1.807) is 0 Å². The first kappa shape index (κ1) is 10.3. The molecule has 0 aromatic rings. The average molecular weight is 221 g/mol. The van der Waals surface area contributed by atoms with Gasteiger partial charge in [-0.15, -0.1) is 0 Å². The van der Waals surface area contributed by atoms with E-state index < -0.39 is 0 Å². The number of carbonyl (C=O) groups excluding carboxylic acids is 2. The Labute approximate surface area is 95.4 Å². The zero-order chi connectivity index (χ0) is 11.1. The number of carbonyl (C=O) groups is 2. The van der Waals surface area contributed by atoms with E-state index in [1.807, 2.05) is 0 Å². The van der Waals surface area contributed by atoms with Gasteiger partial charge in [-0.3, -0.25) is 14.5 Å². The van der Waals surface area contributed by atoms with Gasteiger partial charge in [0.05, 0.1) is 11.8 Å². The summed E-state index contributed by atoms with van der Waals surface area (Å²) < 4.78 is 0. The largest absolute Gasteiger partial charge is 0.274 e. The highest BCUT2D eigenvalue weighted by molar-refractivity contribution is 6.05. The van der Waals surface area contributed by atoms with E-state index >= 15 is 0 Å². The minimum absolute atomic E-state index is 0.0166. The van der Waals surface area contributed by atoms with Crippen molar-refractivity contribution < 1.29 is 9.59 Å². The fraction of sp³-hybridized carbons (Fsp3) is 0.833. The summed E-state index contributed by atoms with van der Waals surface area (Å²) in [6.07, 6.45) is 5.74. The molecule has 0 spiro atoms. The van der Waals surface area contributed by atoms with E-state index in [0.717, 1.165) is 45.1 Å². The van der Waals surface area contributed by atoms with Crippen molar-refractivity contribution in [2.24, 2.45) is 11.8 Å². The molecule has 2 amide bonds. The lowest BCUT2D eigenvalue weighted by molar-refractivity contribution is -0.143. The van der Waals surface area contributed by atoms with Crippen LogP contribution in [0.15, 0.2) is 0 Å². The number of hydrogen-bond acceptors (Lipinski definition) is 2. The first-order valence-electron chi connectivity index (χ1n) is 6.32. The Morgan fingerprint density at radius 2 is 1.56 bits per heavy atom. The van der Waals surface area contributed by atoms with Gasteiger partial charge in [-0.2, -0.15) is 0 Å². The second-order valence-electron chi connectivity index (χ2n) is 5.07. The third kappa shape index (κ3) is 1.39. The Balaban J connectivity index is 1.83. The lowest BCUT2D eigenvalue weighted by Crippen LogP contribution is -2.43. The molecule has 1 aliphatic carbocycles. The second-order valence-corrected chi connectivity index (χ2v) is 5.07. The van der Waals surface area contributed by atoms with Crippen LogP contribution in [0.2, 0.25) is 0 Å². The van der Waals surface area contributed by atoms with Crippen LogP contribution in [-0.4, -0.2) is 29.4 Å². The molecular weight excluding hydrogens is 204 g/mol. The molecule has 3 aliphatic rings. The summed E-state index contributed by atoms with van der Waals surface area (Å²) >= 11 is 0. The zero-order valence-electron chi connectivity index (χ0n) is 9.39. The van der Waals surface area contributed by atoms with E-state index in [1.165, 1.54) is 4.90 Å². The first-order chi connectivity index (χ1) is 7.79. The highest BCUT2D eigenvalue weighted by Crippen LogP contribution is 2.39. The van der Waals surface area contributed by atoms with Gasteiger partial charge in [-0.25, -0.2) is 5.32 Å². The van der Waals surface area contributed by atoms with Gasteiger partial charge in [-0.05, 0) is 25.7 Å². The molecule has 3 rings (SSSR count). The SMILES string of the molecule is O=C1[C@@H]2CCCC[C@H]2C(=O)N1C1CCC[N]1. The number of amides is 2. The normalized spacial score (nSPS) is 39.2. The molecule has 16 heavy (non-hydrogen) atoms. The van der Waals surface area contributed by atoms with Gasteiger partial charge in [0.15, 0.2) is 0 Å². The van der Waals surface area contributed by atoms with E-state index in [0.29, 0.717) is 0 Å². The highest BCUT2D eigenvalue weighted by Gasteiger charge is 2.50. The molecule has 1 saturated carbocycles. The third-order valence-corrected chi connectivity index (χ3v) is 4.13. The summed E-state index contributed by atoms with van der Waals surface area (Å²) in [5.41, 5.74) is 0. The highest BCUT2D eigenvalue weighted by atomic mass is 16.2. The van der Waals surface area contributed by atoms with Gasteiger partial charge >= 0.3 is 0 Å². The zero-order valence-corrected chi connectivity index (χ0v) is 9.39. The quantitative estimate of drug-likeness (QED) is 0.617. The molecule has 2 aliphatic heterocycles. The van der Waals surface area contributed by atoms with Crippen LogP contribution >= 0.6 is 0 Å². The average Bonchev–Trinajstić information content (AvgIpc) is 2.89. The molecule has 0 bridgehead atoms. The number of imide groups is 1. The number of fused-ring (bicyclic) bond motifs is 1. The maximum atomic E-state index is 12.2. The standard InChI is InChI=1S/C12H17N2O2/c15-11-8-4-1-2-5-9(8)12(16)14(11)10-6-3-7-13-10/h8-10H,1-7H2/t8-,9-,10?/m1/s1. The van der Waals surface area contributed by atoms with Gasteiger partial charge in [0.25, 0.3) is 0 Å². The molecular formula is C12H17N2O2. The Hall–Kier alpha value is -0.900. The smallest absolute Gasteiger partial charge is 0.234 e. The van der Waals surface area contributed by atoms with Gasteiger partial charge in [-0.1, -0.05) is 12.8 Å². The Bertz CT molecular complexity index is 299. The summed E-state index contributed by atoms with van der Waals surface area (Å²) in [5.74, 6) is 0.0878. The molecule has 1 unspecified atom stereocenters. The van der Waals surface area contributed by atoms with Crippen molar-refractivity contribution in [3.8, 4) is 0 Å². The number of rotatable bonds is 1. The van der Waals surface area contributed by atoms with Crippen LogP contribution in [0.3, 0.4) is 0 Å². The summed E-state index contributed by atoms with van der Waals surface area (Å²) in [5, 5.41) is 4.36. The second kappa shape index (κ2) is 3.84. The number of nitrogens with zero attached hydrogens (tertiary/aromatic N) is 2. The summed E-state index contributed by atoms with van der Waals surface area (Å²) in [7, 11) is 0. The van der Waals surface area contributed by atoms with E-state index in [2.05, 4.69) is 5.32 Å². The lowest BCUT2D eigenvalue weighted by atomic mass is 9.81. The van der Waals surface area contributed by atoms with Crippen LogP contribution in [0, 0.1) is 11.8 Å². The third-order valence-electron chi connectivity index (χ3n) is 4.13. The first-order valence-corrected chi connectivity index (χ1v) is 6.32. The molecule has 3 atom stereocenters. The molecule has 2 heterocycles. The van der Waals surface area contributed by atoms with Crippen molar-refractivity contribution in [1.29, 1.82) is 0 Å². The molecule has 1 radical (unpaired) electrons. The van der Waals surface area contributed by atoms with Crippen LogP contribution in [0.4, 0.5) is 0 Å². The topological polar surface area (TPSA) is 51.5 Å². The van der Waals surface area contributed by atoms with Gasteiger partial charge < -0.3 is 0 Å². The van der Waals surface area contributed by atoms with Crippen LogP contribution in [0.5, 0.6) is 0 Å². The van der Waals surface area contributed by atoms with Crippen LogP contribution in [0.25, 0.3) is 0 Å². The molecule has 4 nitrogen and oxygen atoms in total. The van der Waals surface area contributed by atoms with Crippen LogP contribution in [-0.2, 0) is 9.59 Å². The fourth-order valence-corrected chi connectivity index (χ4v) is 3.30. The van der Waals surface area contributed by atoms with Crippen LogP contribution < -0.4 is 5.32 Å². The van der Waals surface area contributed by atoms with Crippen molar-refractivity contribution >= 4 is 11.8 Å². The lowest BCUT2D eigenvalue weighted by Gasteiger charge is -2.21. The summed E-state index contributed by atoms with van der Waals surface area (Å²) in [4.78, 5) is 25.8. The molecule has 2 saturated heterocycles. The van der Waals surface area contributed by atoms with Crippen molar-refractivity contribution in [3.63, 3.8) is 0 Å². The maximum Gasteiger partial charge on any atom is 0.234 e. The van der Waals surface area contributed by atoms with E-state index in [-0.39, 0.29) is 29.8 Å². The Morgan fingerprint density at radius 3 is 2.06 bits per heavy atom. The predicted molar refractivity (Wildman–Crippen MR) is 57.3 cm³/mol. The molecule has 87 valence electrons. The molecule has 0 aromatic heterocycles. The van der Waals surface area contributed by atoms with Gasteiger partial charge in [0.1, 0.15) is 6.17 Å². The molecule has 0 N–H and O–H groups in total. The molecule has 3 fully saturated rings. The Kier molecular flexibility index (Phi) is 2.46. The molecule has 0 aromatic carbocycles. The number of likely N-dealkylation sites (tertiary alicyclic amines) is 1. The van der Waals surface area contributed by atoms with Crippen molar-refractivity contribution in [2.75, 3.05) is 6.54 Å².